The van der Waals surface area contributed by atoms with E-state index in [0.29, 0.717) is 0 Å². The fraction of sp³-hybridized carbons (Fsp3) is 0.312. The summed E-state index contributed by atoms with van der Waals surface area (Å²) in [7, 11) is 3.38. The molecule has 0 spiro atoms. The van der Waals surface area contributed by atoms with E-state index in [2.05, 4.69) is 77.7 Å². The van der Waals surface area contributed by atoms with Crippen LogP contribution in [0.15, 0.2) is 72.3 Å². The Morgan fingerprint density at radius 2 is 1.44 bits per heavy atom. The van der Waals surface area contributed by atoms with E-state index in [-0.39, 0.29) is 12.4 Å². The van der Waals surface area contributed by atoms with Crippen LogP contribution in [0.5, 0.6) is 11.5 Å². The highest BCUT2D eigenvalue weighted by Gasteiger charge is 2.22. The van der Waals surface area contributed by atoms with Crippen LogP contribution in [0.25, 0.3) is 17.7 Å². The van der Waals surface area contributed by atoms with Gasteiger partial charge in [0, 0.05) is 6.54 Å². The first-order valence-corrected chi connectivity index (χ1v) is 12.8. The van der Waals surface area contributed by atoms with Crippen LogP contribution < -0.4 is 9.47 Å². The molecule has 0 radical (unpaired) electrons. The van der Waals surface area contributed by atoms with Crippen LogP contribution in [0.4, 0.5) is 0 Å². The predicted molar refractivity (Wildman–Crippen MR) is 153 cm³/mol. The van der Waals surface area contributed by atoms with Gasteiger partial charge in [0.05, 0.1) is 14.2 Å². The Hall–Kier alpha value is -3.01. The van der Waals surface area contributed by atoms with Crippen molar-refractivity contribution in [3.8, 4) is 11.5 Å². The topological polar surface area (TPSA) is 21.7 Å². The molecule has 1 aliphatic carbocycles. The SMILES string of the molecule is COc1ccc(CCCCN2CCCC(=C3c4ccccc4C=Cc4ccccc43)C2)cc1OC.Cl. The lowest BCUT2D eigenvalue weighted by Crippen LogP contribution is -2.32. The van der Waals surface area contributed by atoms with Crippen molar-refractivity contribution in [2.24, 2.45) is 0 Å². The van der Waals surface area contributed by atoms with Crippen LogP contribution in [-0.2, 0) is 6.42 Å². The third-order valence-electron chi connectivity index (χ3n) is 7.26. The monoisotopic (exact) mass is 501 g/mol. The van der Waals surface area contributed by atoms with Gasteiger partial charge in [0.25, 0.3) is 0 Å². The minimum atomic E-state index is 0. The molecule has 36 heavy (non-hydrogen) atoms. The van der Waals surface area contributed by atoms with Crippen molar-refractivity contribution in [2.75, 3.05) is 33.9 Å². The molecule has 2 aliphatic rings. The number of methoxy groups -OCH3 is 2. The summed E-state index contributed by atoms with van der Waals surface area (Å²) in [5.74, 6) is 1.61. The van der Waals surface area contributed by atoms with E-state index in [1.54, 1.807) is 19.8 Å². The number of likely N-dealkylation sites (tertiary alicyclic amines) is 1. The van der Waals surface area contributed by atoms with Gasteiger partial charge < -0.3 is 9.47 Å². The van der Waals surface area contributed by atoms with Gasteiger partial charge in [-0.3, -0.25) is 4.90 Å². The number of fused-ring (bicyclic) bond motifs is 2. The summed E-state index contributed by atoms with van der Waals surface area (Å²) in [6.07, 6.45) is 10.4. The number of halogens is 1. The molecule has 0 atom stereocenters. The van der Waals surface area contributed by atoms with Crippen LogP contribution >= 0.6 is 12.4 Å². The largest absolute Gasteiger partial charge is 0.493 e. The van der Waals surface area contributed by atoms with Crippen LogP contribution in [0.2, 0.25) is 0 Å². The molecule has 0 bridgehead atoms. The molecule has 0 unspecified atom stereocenters. The molecule has 188 valence electrons. The number of aryl methyl sites for hydroxylation is 1. The zero-order valence-corrected chi connectivity index (χ0v) is 22.2. The van der Waals surface area contributed by atoms with Crippen molar-refractivity contribution in [3.63, 3.8) is 0 Å². The zero-order chi connectivity index (χ0) is 24.0. The Morgan fingerprint density at radius 3 is 2.11 bits per heavy atom. The average molecular weight is 502 g/mol. The maximum absolute atomic E-state index is 5.46. The minimum absolute atomic E-state index is 0. The van der Waals surface area contributed by atoms with Crippen LogP contribution in [0.3, 0.4) is 0 Å². The fourth-order valence-corrected chi connectivity index (χ4v) is 5.49. The molecule has 1 heterocycles. The molecule has 3 aromatic rings. The third kappa shape index (κ3) is 5.69. The summed E-state index contributed by atoms with van der Waals surface area (Å²) in [5, 5.41) is 0. The minimum Gasteiger partial charge on any atom is -0.493 e. The van der Waals surface area contributed by atoms with E-state index in [1.807, 2.05) is 6.07 Å². The molecule has 1 saturated heterocycles. The molecule has 3 aromatic carbocycles. The highest BCUT2D eigenvalue weighted by Crippen LogP contribution is 2.38. The number of benzene rings is 3. The molecule has 5 rings (SSSR count). The van der Waals surface area contributed by atoms with Crippen molar-refractivity contribution < 1.29 is 9.47 Å². The standard InChI is InChI=1S/C32H35NO2.ClH/c1-34-30-19-16-24(22-31(30)35-2)10-7-8-20-33-21-9-13-27(23-33)32-28-14-5-3-11-25(28)17-18-26-12-4-6-15-29(26)32;/h3-6,11-12,14-19,22H,7-10,13,20-21,23H2,1-2H3;1H. The van der Waals surface area contributed by atoms with Crippen molar-refractivity contribution in [1.82, 2.24) is 4.90 Å². The normalized spacial score (nSPS) is 14.9. The molecule has 0 saturated carbocycles. The molecule has 1 fully saturated rings. The Balaban J connectivity index is 0.00000304. The Labute approximate surface area is 221 Å². The Bertz CT molecular complexity index is 1190. The van der Waals surface area contributed by atoms with E-state index in [4.69, 9.17) is 9.47 Å². The summed E-state index contributed by atoms with van der Waals surface area (Å²) < 4.78 is 10.8. The van der Waals surface area contributed by atoms with Gasteiger partial charge in [0.2, 0.25) is 0 Å². The van der Waals surface area contributed by atoms with Crippen molar-refractivity contribution >= 4 is 30.1 Å². The number of piperidine rings is 1. The second kappa shape index (κ2) is 12.3. The molecule has 0 aromatic heterocycles. The highest BCUT2D eigenvalue weighted by molar-refractivity contribution is 5.95. The molecule has 1 aliphatic heterocycles. The number of rotatable bonds is 7. The third-order valence-corrected chi connectivity index (χ3v) is 7.26. The van der Waals surface area contributed by atoms with E-state index in [1.165, 1.54) is 65.6 Å². The summed E-state index contributed by atoms with van der Waals surface area (Å²) in [5.41, 5.74) is 9.73. The molecule has 0 amide bonds. The van der Waals surface area contributed by atoms with Crippen molar-refractivity contribution in [3.05, 3.63) is 100 Å². The number of hydrogen-bond acceptors (Lipinski definition) is 3. The van der Waals surface area contributed by atoms with Gasteiger partial charge in [-0.05, 0) is 96.3 Å². The van der Waals surface area contributed by atoms with Gasteiger partial charge in [-0.25, -0.2) is 0 Å². The average Bonchev–Trinajstić information content (AvgIpc) is 3.08. The lowest BCUT2D eigenvalue weighted by molar-refractivity contribution is 0.261. The predicted octanol–water partition coefficient (Wildman–Crippen LogP) is 7.53. The molecule has 0 N–H and O–H groups in total. The van der Waals surface area contributed by atoms with Crippen LogP contribution in [0.1, 0.15) is 53.5 Å². The quantitative estimate of drug-likeness (QED) is 0.244. The van der Waals surface area contributed by atoms with Crippen LogP contribution in [-0.4, -0.2) is 38.8 Å². The smallest absolute Gasteiger partial charge is 0.160 e. The molecule has 3 nitrogen and oxygen atoms in total. The Kier molecular flexibility index (Phi) is 8.90. The number of unbranched alkanes of at least 4 members (excludes halogenated alkanes) is 1. The molecular weight excluding hydrogens is 466 g/mol. The molecular formula is C32H36ClNO2. The number of ether oxygens (including phenoxy) is 2. The van der Waals surface area contributed by atoms with E-state index in [0.717, 1.165) is 31.0 Å². The Morgan fingerprint density at radius 1 is 0.778 bits per heavy atom. The van der Waals surface area contributed by atoms with E-state index in [9.17, 15) is 0 Å². The first-order chi connectivity index (χ1) is 17.3. The summed E-state index contributed by atoms with van der Waals surface area (Å²) >= 11 is 0. The summed E-state index contributed by atoms with van der Waals surface area (Å²) in [6.45, 7) is 3.40. The van der Waals surface area contributed by atoms with Gasteiger partial charge in [-0.2, -0.15) is 0 Å². The van der Waals surface area contributed by atoms with Gasteiger partial charge in [-0.1, -0.05) is 66.7 Å². The van der Waals surface area contributed by atoms with E-state index < -0.39 is 0 Å². The molecule has 4 heteroatoms. The lowest BCUT2D eigenvalue weighted by Gasteiger charge is -2.31. The van der Waals surface area contributed by atoms with Crippen molar-refractivity contribution in [1.29, 1.82) is 0 Å². The second-order valence-electron chi connectivity index (χ2n) is 9.51. The first kappa shape index (κ1) is 26.1. The summed E-state index contributed by atoms with van der Waals surface area (Å²) in [4.78, 5) is 2.66. The van der Waals surface area contributed by atoms with Crippen LogP contribution in [0, 0.1) is 0 Å². The highest BCUT2D eigenvalue weighted by atomic mass is 35.5. The van der Waals surface area contributed by atoms with Gasteiger partial charge in [0.15, 0.2) is 11.5 Å². The fourth-order valence-electron chi connectivity index (χ4n) is 5.49. The number of nitrogens with zero attached hydrogens (tertiary/aromatic N) is 1. The second-order valence-corrected chi connectivity index (χ2v) is 9.51. The van der Waals surface area contributed by atoms with Gasteiger partial charge in [-0.15, -0.1) is 12.4 Å². The maximum Gasteiger partial charge on any atom is 0.160 e. The van der Waals surface area contributed by atoms with E-state index >= 15 is 0 Å². The maximum atomic E-state index is 5.46. The lowest BCUT2D eigenvalue weighted by atomic mass is 9.86. The first-order valence-electron chi connectivity index (χ1n) is 12.8. The number of hydrogen-bond donors (Lipinski definition) is 0. The zero-order valence-electron chi connectivity index (χ0n) is 21.3. The van der Waals surface area contributed by atoms with Crippen molar-refractivity contribution in [2.45, 2.75) is 32.1 Å². The van der Waals surface area contributed by atoms with Gasteiger partial charge in [0.1, 0.15) is 0 Å². The summed E-state index contributed by atoms with van der Waals surface area (Å²) in [6, 6.07) is 24.0. The van der Waals surface area contributed by atoms with Gasteiger partial charge >= 0.3 is 0 Å².